The van der Waals surface area contributed by atoms with Gasteiger partial charge in [-0.3, -0.25) is 5.21 Å². The van der Waals surface area contributed by atoms with Crippen LogP contribution >= 0.6 is 0 Å². The van der Waals surface area contributed by atoms with Crippen molar-refractivity contribution in [2.45, 2.75) is 0 Å². The highest BCUT2D eigenvalue weighted by Crippen LogP contribution is 1.71. The normalized spacial score (nSPS) is 7.50. The van der Waals surface area contributed by atoms with E-state index in [1.54, 1.807) is 24.5 Å². The largest absolute Gasteiger partial charge is 1.00 e. The van der Waals surface area contributed by atoms with Gasteiger partial charge in [0.1, 0.15) is 0 Å². The molecule has 0 fully saturated rings. The Kier molecular flexibility index (Phi) is 2.96. The van der Waals surface area contributed by atoms with Crippen LogP contribution in [0, 0.1) is 0 Å². The van der Waals surface area contributed by atoms with E-state index in [0.717, 1.165) is 4.73 Å². The van der Waals surface area contributed by atoms with E-state index >= 15 is 0 Å². The minimum absolute atomic E-state index is 0. The molecule has 0 spiro atoms. The minimum Gasteiger partial charge on any atom is -1.00 e. The van der Waals surface area contributed by atoms with Gasteiger partial charge in [0, 0.05) is 16.9 Å². The summed E-state index contributed by atoms with van der Waals surface area (Å²) >= 11 is 0. The van der Waals surface area contributed by atoms with E-state index in [1.165, 1.54) is 0 Å². The van der Waals surface area contributed by atoms with E-state index in [0.29, 0.717) is 0 Å². The third-order valence-electron chi connectivity index (χ3n) is 0.700. The summed E-state index contributed by atoms with van der Waals surface area (Å²) in [5, 5.41) is 8.55. The van der Waals surface area contributed by atoms with E-state index in [4.69, 9.17) is 5.21 Å². The van der Waals surface area contributed by atoms with Crippen molar-refractivity contribution in [3.8, 4) is 0 Å². The highest BCUT2D eigenvalue weighted by Gasteiger charge is 1.82. The lowest BCUT2D eigenvalue weighted by Gasteiger charge is -1.74. The molecule has 0 aliphatic carbocycles. The monoisotopic (exact) mass is 131 g/mol. The van der Waals surface area contributed by atoms with E-state index in [9.17, 15) is 0 Å². The molecule has 0 aromatic carbocycles. The van der Waals surface area contributed by atoms with Crippen molar-refractivity contribution in [1.29, 1.82) is 0 Å². The van der Waals surface area contributed by atoms with Crippen molar-refractivity contribution < 1.29 is 22.3 Å². The highest BCUT2D eigenvalue weighted by molar-refractivity contribution is 4.82. The molecule has 1 rings (SSSR count). The first-order valence-electron chi connectivity index (χ1n) is 2.05. The molecule has 1 heterocycles. The molecular weight excluding hydrogens is 126 g/mol. The smallest absolute Gasteiger partial charge is 0.222 e. The SMILES string of the molecule is O[n+]1ccccc1.[Cl-]. The molecule has 1 aromatic rings. The maximum atomic E-state index is 8.55. The van der Waals surface area contributed by atoms with Crippen LogP contribution in [0.1, 0.15) is 0 Å². The second kappa shape index (κ2) is 3.27. The summed E-state index contributed by atoms with van der Waals surface area (Å²) in [6.07, 6.45) is 3.11. The molecular formula is C5H6ClNO. The van der Waals surface area contributed by atoms with Crippen molar-refractivity contribution in [3.05, 3.63) is 30.6 Å². The third kappa shape index (κ3) is 1.80. The van der Waals surface area contributed by atoms with Crippen molar-refractivity contribution in [2.75, 3.05) is 0 Å². The summed E-state index contributed by atoms with van der Waals surface area (Å²) in [6, 6.07) is 5.34. The van der Waals surface area contributed by atoms with Crippen LogP contribution in [0.25, 0.3) is 0 Å². The lowest BCUT2D eigenvalue weighted by Crippen LogP contribution is -3.00. The van der Waals surface area contributed by atoms with Gasteiger partial charge in [0.15, 0.2) is 0 Å². The molecule has 0 radical (unpaired) electrons. The molecule has 1 N–H and O–H groups in total. The molecule has 0 aliphatic rings. The molecule has 0 saturated carbocycles. The zero-order valence-corrected chi connectivity index (χ0v) is 4.92. The maximum Gasteiger partial charge on any atom is 0.222 e. The van der Waals surface area contributed by atoms with Crippen molar-refractivity contribution >= 4 is 0 Å². The van der Waals surface area contributed by atoms with Crippen molar-refractivity contribution in [1.82, 2.24) is 0 Å². The van der Waals surface area contributed by atoms with Gasteiger partial charge in [-0.15, -0.1) is 0 Å². The van der Waals surface area contributed by atoms with Gasteiger partial charge in [-0.05, 0) is 0 Å². The van der Waals surface area contributed by atoms with E-state index in [1.807, 2.05) is 6.07 Å². The Hall–Kier alpha value is -0.760. The van der Waals surface area contributed by atoms with Gasteiger partial charge in [-0.1, -0.05) is 6.07 Å². The van der Waals surface area contributed by atoms with Crippen LogP contribution in [-0.2, 0) is 0 Å². The molecule has 0 amide bonds. The number of hydrogen-bond acceptors (Lipinski definition) is 1. The zero-order chi connectivity index (χ0) is 5.11. The predicted octanol–water partition coefficient (Wildman–Crippen LogP) is -2.78. The van der Waals surface area contributed by atoms with Gasteiger partial charge in [0.25, 0.3) is 0 Å². The van der Waals surface area contributed by atoms with Gasteiger partial charge in [-0.2, -0.15) is 0 Å². The van der Waals surface area contributed by atoms with Crippen LogP contribution < -0.4 is 17.1 Å². The molecule has 0 atom stereocenters. The number of hydrogen-bond donors (Lipinski definition) is 1. The minimum atomic E-state index is 0. The Morgan fingerprint density at radius 2 is 1.50 bits per heavy atom. The number of aromatic nitrogens is 1. The fraction of sp³-hybridized carbons (Fsp3) is 0. The standard InChI is InChI=1S/C5H6NO.ClH/c7-6-4-2-1-3-5-6;/h1-5,7H;1H/q+1;/p-1. The summed E-state index contributed by atoms with van der Waals surface area (Å²) in [5.74, 6) is 0. The van der Waals surface area contributed by atoms with Crippen LogP contribution in [0.5, 0.6) is 0 Å². The first kappa shape index (κ1) is 7.24. The molecule has 1 aromatic heterocycles. The van der Waals surface area contributed by atoms with Gasteiger partial charge in [0.05, 0.1) is 0 Å². The summed E-state index contributed by atoms with van der Waals surface area (Å²) < 4.78 is 1.00. The summed E-state index contributed by atoms with van der Waals surface area (Å²) in [5.41, 5.74) is 0. The summed E-state index contributed by atoms with van der Waals surface area (Å²) in [6.45, 7) is 0. The zero-order valence-electron chi connectivity index (χ0n) is 4.16. The van der Waals surface area contributed by atoms with Crippen LogP contribution in [0.3, 0.4) is 0 Å². The number of pyridine rings is 1. The Bertz CT molecular complexity index is 142. The quantitative estimate of drug-likeness (QED) is 0.299. The first-order valence-corrected chi connectivity index (χ1v) is 2.05. The van der Waals surface area contributed by atoms with Gasteiger partial charge < -0.3 is 12.4 Å². The van der Waals surface area contributed by atoms with Crippen LogP contribution in [0.15, 0.2) is 30.6 Å². The Morgan fingerprint density at radius 3 is 1.75 bits per heavy atom. The second-order valence-electron chi connectivity index (χ2n) is 1.26. The van der Waals surface area contributed by atoms with Crippen LogP contribution in [0.2, 0.25) is 0 Å². The lowest BCUT2D eigenvalue weighted by molar-refractivity contribution is -0.904. The first-order chi connectivity index (χ1) is 3.39. The molecule has 3 heteroatoms. The second-order valence-corrected chi connectivity index (χ2v) is 1.26. The number of nitrogens with zero attached hydrogens (tertiary/aromatic N) is 1. The summed E-state index contributed by atoms with van der Waals surface area (Å²) in [4.78, 5) is 0. The Morgan fingerprint density at radius 1 is 1.00 bits per heavy atom. The fourth-order valence-electron chi connectivity index (χ4n) is 0.390. The van der Waals surface area contributed by atoms with E-state index < -0.39 is 0 Å². The average molecular weight is 132 g/mol. The van der Waals surface area contributed by atoms with Crippen LogP contribution in [-0.4, -0.2) is 5.21 Å². The summed E-state index contributed by atoms with van der Waals surface area (Å²) in [7, 11) is 0. The van der Waals surface area contributed by atoms with Crippen molar-refractivity contribution in [2.24, 2.45) is 0 Å². The van der Waals surface area contributed by atoms with E-state index in [-0.39, 0.29) is 12.4 Å². The Balaban J connectivity index is 0.000000490. The topological polar surface area (TPSA) is 24.1 Å². The van der Waals surface area contributed by atoms with Gasteiger partial charge in [0.2, 0.25) is 12.4 Å². The third-order valence-corrected chi connectivity index (χ3v) is 0.700. The molecule has 8 heavy (non-hydrogen) atoms. The van der Waals surface area contributed by atoms with Gasteiger partial charge >= 0.3 is 0 Å². The van der Waals surface area contributed by atoms with Crippen LogP contribution in [0.4, 0.5) is 0 Å². The molecule has 0 aliphatic heterocycles. The number of rotatable bonds is 0. The lowest BCUT2D eigenvalue weighted by atomic mass is 10.5. The molecule has 0 saturated heterocycles. The molecule has 0 unspecified atom stereocenters. The predicted molar refractivity (Wildman–Crippen MR) is 23.8 cm³/mol. The highest BCUT2D eigenvalue weighted by atomic mass is 35.5. The Labute approximate surface area is 53.8 Å². The molecule has 2 nitrogen and oxygen atoms in total. The number of halogens is 1. The van der Waals surface area contributed by atoms with E-state index in [2.05, 4.69) is 0 Å². The van der Waals surface area contributed by atoms with Crippen molar-refractivity contribution in [3.63, 3.8) is 0 Å². The average Bonchev–Trinajstić information content (AvgIpc) is 1.69. The maximum absolute atomic E-state index is 8.55. The molecule has 44 valence electrons. The molecule has 0 bridgehead atoms. The fourth-order valence-corrected chi connectivity index (χ4v) is 0.390. The van der Waals surface area contributed by atoms with Gasteiger partial charge in [-0.25, -0.2) is 0 Å².